The van der Waals surface area contributed by atoms with Crippen LogP contribution in [0.3, 0.4) is 0 Å². The quantitative estimate of drug-likeness (QED) is 0.611. The number of carbonyl (C=O) groups excluding carboxylic acids is 2. The number of aromatic nitrogens is 3. The molecule has 36 heavy (non-hydrogen) atoms. The first-order chi connectivity index (χ1) is 17.6. The molecule has 188 valence electrons. The maximum atomic E-state index is 12.7. The molecule has 4 aliphatic rings. The molecule has 3 aliphatic heterocycles. The Morgan fingerprint density at radius 1 is 1.25 bits per heavy atom. The maximum absolute atomic E-state index is 12.7. The van der Waals surface area contributed by atoms with Crippen LogP contribution in [-0.2, 0) is 9.53 Å². The molecule has 0 spiro atoms. The van der Waals surface area contributed by atoms with Crippen molar-refractivity contribution in [3.63, 3.8) is 0 Å². The van der Waals surface area contributed by atoms with Gasteiger partial charge < -0.3 is 29.7 Å². The van der Waals surface area contributed by atoms with Crippen LogP contribution in [0.2, 0.25) is 0 Å². The van der Waals surface area contributed by atoms with Gasteiger partial charge in [-0.2, -0.15) is 4.98 Å². The molecule has 12 heteroatoms. The van der Waals surface area contributed by atoms with Crippen LogP contribution in [0, 0.1) is 0 Å². The largest absolute Gasteiger partial charge is 0.495 e. The molecule has 2 fully saturated rings. The maximum Gasteiger partial charge on any atom is 0.417 e. The Balaban J connectivity index is 1.06. The molecule has 0 bridgehead atoms. The van der Waals surface area contributed by atoms with Gasteiger partial charge in [-0.05, 0) is 18.9 Å². The number of hydrogen-bond acceptors (Lipinski definition) is 10. The fraction of sp³-hybridized carbons (Fsp3) is 0.458. The lowest BCUT2D eigenvalue weighted by Crippen LogP contribution is -2.47. The number of fused-ring (bicyclic) bond motifs is 3. The van der Waals surface area contributed by atoms with E-state index >= 15 is 0 Å². The van der Waals surface area contributed by atoms with E-state index in [2.05, 4.69) is 36.6 Å². The van der Waals surface area contributed by atoms with Crippen molar-refractivity contribution in [1.29, 1.82) is 0 Å². The third-order valence-corrected chi connectivity index (χ3v) is 6.98. The highest BCUT2D eigenvalue weighted by Gasteiger charge is 2.47. The first-order valence-corrected chi connectivity index (χ1v) is 12.1. The third kappa shape index (κ3) is 4.17. The molecule has 6 rings (SSSR count). The predicted octanol–water partition coefficient (Wildman–Crippen LogP) is 1.58. The van der Waals surface area contributed by atoms with E-state index in [1.165, 1.54) is 11.1 Å². The highest BCUT2D eigenvalue weighted by atomic mass is 16.6. The van der Waals surface area contributed by atoms with Gasteiger partial charge in [-0.3, -0.25) is 9.78 Å². The summed E-state index contributed by atoms with van der Waals surface area (Å²) in [4.78, 5) is 41.3. The van der Waals surface area contributed by atoms with Crippen molar-refractivity contribution in [2.75, 3.05) is 48.5 Å². The predicted molar refractivity (Wildman–Crippen MR) is 130 cm³/mol. The summed E-state index contributed by atoms with van der Waals surface area (Å²) in [5.41, 5.74) is 2.01. The molecule has 2 N–H and O–H groups in total. The molecule has 1 aliphatic carbocycles. The number of nitrogens with zero attached hydrogens (tertiary/aromatic N) is 5. The summed E-state index contributed by atoms with van der Waals surface area (Å²) in [6.07, 6.45) is 9.00. The minimum Gasteiger partial charge on any atom is -0.495 e. The normalized spacial score (nSPS) is 24.3. The van der Waals surface area contributed by atoms with Gasteiger partial charge in [0.2, 0.25) is 5.95 Å². The molecule has 0 radical (unpaired) electrons. The third-order valence-electron chi connectivity index (χ3n) is 6.98. The van der Waals surface area contributed by atoms with Gasteiger partial charge in [0.05, 0.1) is 36.9 Å². The molecule has 1 saturated carbocycles. The van der Waals surface area contributed by atoms with Crippen LogP contribution < -0.4 is 29.9 Å². The second kappa shape index (κ2) is 9.26. The zero-order valence-corrected chi connectivity index (χ0v) is 19.8. The van der Waals surface area contributed by atoms with Gasteiger partial charge in [-0.25, -0.2) is 14.7 Å². The second-order valence-electron chi connectivity index (χ2n) is 9.17. The van der Waals surface area contributed by atoms with Crippen LogP contribution in [0.15, 0.2) is 24.5 Å². The second-order valence-corrected chi connectivity index (χ2v) is 9.17. The highest BCUT2D eigenvalue weighted by molar-refractivity contribution is 5.95. The van der Waals surface area contributed by atoms with Gasteiger partial charge in [-0.1, -0.05) is 6.08 Å². The monoisotopic (exact) mass is 493 g/mol. The number of nitrogens with one attached hydrogen (secondary N) is 2. The summed E-state index contributed by atoms with van der Waals surface area (Å²) in [5, 5.41) is 6.29. The van der Waals surface area contributed by atoms with Crippen molar-refractivity contribution in [3.8, 4) is 11.5 Å². The average molecular weight is 494 g/mol. The highest BCUT2D eigenvalue weighted by Crippen LogP contribution is 2.36. The SMILES string of the molecule is COc1cnc2c(c1)N(CCN[C@@H]1CC[C@@H]3[C@@H](C1)OC(=O)N3c1ncc3c(n1)NC(=O)CO3)CC=C2. The van der Waals surface area contributed by atoms with Gasteiger partial charge in [0.15, 0.2) is 18.2 Å². The molecular weight excluding hydrogens is 466 g/mol. The fourth-order valence-corrected chi connectivity index (χ4v) is 5.20. The van der Waals surface area contributed by atoms with Crippen molar-refractivity contribution in [1.82, 2.24) is 20.3 Å². The van der Waals surface area contributed by atoms with Crippen LogP contribution in [0.1, 0.15) is 25.0 Å². The van der Waals surface area contributed by atoms with E-state index in [9.17, 15) is 9.59 Å². The van der Waals surface area contributed by atoms with Crippen LogP contribution in [0.4, 0.5) is 22.2 Å². The Bertz CT molecular complexity index is 1220. The summed E-state index contributed by atoms with van der Waals surface area (Å²) >= 11 is 0. The number of methoxy groups -OCH3 is 1. The van der Waals surface area contributed by atoms with Crippen molar-refractivity contribution in [2.24, 2.45) is 0 Å². The van der Waals surface area contributed by atoms with Gasteiger partial charge in [0, 0.05) is 38.2 Å². The van der Waals surface area contributed by atoms with E-state index in [0.29, 0.717) is 12.2 Å². The van der Waals surface area contributed by atoms with Crippen LogP contribution >= 0.6 is 0 Å². The van der Waals surface area contributed by atoms with Crippen molar-refractivity contribution in [2.45, 2.75) is 37.5 Å². The zero-order chi connectivity index (χ0) is 24.6. The summed E-state index contributed by atoms with van der Waals surface area (Å²) in [6.45, 7) is 2.35. The Kier molecular flexibility index (Phi) is 5.80. The standard InChI is InChI=1S/C24H27N7O5/c1-34-15-10-18-16(26-11-15)3-2-7-30(18)8-6-25-14-4-5-17-19(9-14)36-24(33)31(17)23-27-12-20-22(29-23)28-21(32)13-35-20/h2-3,10-12,14,17,19,25H,4-9,13H2,1H3,(H,27,28,29,32)/t14-,17-,19-/m1/s1. The van der Waals surface area contributed by atoms with Crippen molar-refractivity contribution in [3.05, 3.63) is 30.2 Å². The van der Waals surface area contributed by atoms with Gasteiger partial charge in [0.25, 0.3) is 5.91 Å². The van der Waals surface area contributed by atoms with E-state index in [-0.39, 0.29) is 42.5 Å². The number of anilines is 3. The molecule has 2 aromatic rings. The molecule has 1 saturated heterocycles. The number of rotatable bonds is 6. The number of pyridine rings is 1. The minimum atomic E-state index is -0.466. The van der Waals surface area contributed by atoms with Gasteiger partial charge in [0.1, 0.15) is 11.9 Å². The molecule has 3 atom stereocenters. The Morgan fingerprint density at radius 2 is 2.17 bits per heavy atom. The lowest BCUT2D eigenvalue weighted by atomic mass is 9.88. The summed E-state index contributed by atoms with van der Waals surface area (Å²) in [5.74, 6) is 1.32. The molecule has 0 unspecified atom stereocenters. The summed E-state index contributed by atoms with van der Waals surface area (Å²) < 4.78 is 16.4. The van der Waals surface area contributed by atoms with E-state index in [4.69, 9.17) is 14.2 Å². The molecule has 5 heterocycles. The Morgan fingerprint density at radius 3 is 3.06 bits per heavy atom. The number of ether oxygens (including phenoxy) is 3. The van der Waals surface area contributed by atoms with E-state index < -0.39 is 6.09 Å². The molecule has 2 amide bonds. The Labute approximate surface area is 207 Å². The number of carbonyl (C=O) groups is 2. The van der Waals surface area contributed by atoms with Crippen molar-refractivity contribution < 1.29 is 23.8 Å². The lowest BCUT2D eigenvalue weighted by molar-refractivity contribution is -0.118. The fourth-order valence-electron chi connectivity index (χ4n) is 5.20. The lowest BCUT2D eigenvalue weighted by Gasteiger charge is -2.33. The van der Waals surface area contributed by atoms with Crippen molar-refractivity contribution >= 4 is 35.5 Å². The first-order valence-electron chi connectivity index (χ1n) is 12.1. The smallest absolute Gasteiger partial charge is 0.417 e. The molecule has 2 aromatic heterocycles. The average Bonchev–Trinajstić information content (AvgIpc) is 3.23. The number of amides is 2. The minimum absolute atomic E-state index is 0.0768. The van der Waals surface area contributed by atoms with Gasteiger partial charge >= 0.3 is 6.09 Å². The van der Waals surface area contributed by atoms with Crippen LogP contribution in [0.5, 0.6) is 11.5 Å². The van der Waals surface area contributed by atoms with Crippen LogP contribution in [0.25, 0.3) is 6.08 Å². The molecular formula is C24H27N7O5. The Hall–Kier alpha value is -3.93. The summed E-state index contributed by atoms with van der Waals surface area (Å²) in [7, 11) is 1.64. The van der Waals surface area contributed by atoms with Gasteiger partial charge in [-0.15, -0.1) is 0 Å². The summed E-state index contributed by atoms with van der Waals surface area (Å²) in [6, 6.07) is 2.11. The van der Waals surface area contributed by atoms with E-state index in [1.807, 2.05) is 12.1 Å². The van der Waals surface area contributed by atoms with Crippen LogP contribution in [-0.4, -0.2) is 78.5 Å². The molecule has 0 aromatic carbocycles. The van der Waals surface area contributed by atoms with E-state index in [1.54, 1.807) is 13.3 Å². The topological polar surface area (TPSA) is 131 Å². The first kappa shape index (κ1) is 22.5. The van der Waals surface area contributed by atoms with E-state index in [0.717, 1.165) is 49.6 Å². The number of hydrogen-bond donors (Lipinski definition) is 2. The zero-order valence-electron chi connectivity index (χ0n) is 19.8. The molecule has 12 nitrogen and oxygen atoms in total.